The summed E-state index contributed by atoms with van der Waals surface area (Å²) in [6.07, 6.45) is -3.44. The van der Waals surface area contributed by atoms with E-state index in [4.69, 9.17) is 0 Å². The fourth-order valence-corrected chi connectivity index (χ4v) is 2.62. The van der Waals surface area contributed by atoms with Crippen LogP contribution in [0.1, 0.15) is 5.56 Å². The van der Waals surface area contributed by atoms with Gasteiger partial charge in [-0.25, -0.2) is 4.79 Å². The number of hydrogen-bond acceptors (Lipinski definition) is 5. The van der Waals surface area contributed by atoms with E-state index in [9.17, 15) is 27.6 Å². The standard InChI is InChI=1S/C16H19F3N2O4S/c1-25-14(23)11(8-10-6-4-3-5-7-10)20-13(22)12(9-26-2)21-15(24)16(17,18)19/h3-7,11-12H,8-9H2,1-2H3,(H,20,22)(H,21,24)/t11-,12-/m0/s1. The molecule has 0 fully saturated rings. The van der Waals surface area contributed by atoms with Crippen molar-refractivity contribution in [2.24, 2.45) is 0 Å². The second kappa shape index (κ2) is 10.0. The van der Waals surface area contributed by atoms with Crippen molar-refractivity contribution >= 4 is 29.5 Å². The summed E-state index contributed by atoms with van der Waals surface area (Å²) in [5.74, 6) is -3.95. The Kier molecular flexibility index (Phi) is 8.43. The van der Waals surface area contributed by atoms with E-state index in [0.717, 1.165) is 24.4 Å². The Balaban J connectivity index is 2.87. The summed E-state index contributed by atoms with van der Waals surface area (Å²) in [7, 11) is 1.14. The van der Waals surface area contributed by atoms with Crippen LogP contribution in [0.3, 0.4) is 0 Å². The van der Waals surface area contributed by atoms with Gasteiger partial charge in [0.25, 0.3) is 0 Å². The van der Waals surface area contributed by atoms with Gasteiger partial charge in [0.1, 0.15) is 12.1 Å². The van der Waals surface area contributed by atoms with Crippen molar-refractivity contribution in [1.82, 2.24) is 10.6 Å². The largest absolute Gasteiger partial charge is 0.471 e. The third-order valence-electron chi connectivity index (χ3n) is 3.30. The molecule has 1 aromatic carbocycles. The first-order chi connectivity index (χ1) is 12.2. The zero-order valence-corrected chi connectivity index (χ0v) is 14.9. The summed E-state index contributed by atoms with van der Waals surface area (Å²) in [5, 5.41) is 3.98. The lowest BCUT2D eigenvalue weighted by molar-refractivity contribution is -0.174. The number of amides is 2. The number of methoxy groups -OCH3 is 1. The summed E-state index contributed by atoms with van der Waals surface area (Å²) >= 11 is 1.08. The number of ether oxygens (including phenoxy) is 1. The Hall–Kier alpha value is -2.23. The molecule has 0 aromatic heterocycles. The maximum Gasteiger partial charge on any atom is 0.471 e. The van der Waals surface area contributed by atoms with Crippen molar-refractivity contribution in [3.8, 4) is 0 Å². The van der Waals surface area contributed by atoms with Gasteiger partial charge in [-0.05, 0) is 11.8 Å². The van der Waals surface area contributed by atoms with Gasteiger partial charge in [0.05, 0.1) is 7.11 Å². The highest BCUT2D eigenvalue weighted by Gasteiger charge is 2.41. The van der Waals surface area contributed by atoms with Gasteiger partial charge in [-0.15, -0.1) is 0 Å². The van der Waals surface area contributed by atoms with Crippen LogP contribution in [-0.4, -0.2) is 55.2 Å². The van der Waals surface area contributed by atoms with E-state index >= 15 is 0 Å². The summed E-state index contributed by atoms with van der Waals surface area (Å²) in [6, 6.07) is 6.18. The van der Waals surface area contributed by atoms with E-state index in [2.05, 4.69) is 10.1 Å². The molecular formula is C16H19F3N2O4S. The van der Waals surface area contributed by atoms with Crippen LogP contribution in [0.2, 0.25) is 0 Å². The predicted molar refractivity (Wildman–Crippen MR) is 90.5 cm³/mol. The van der Waals surface area contributed by atoms with Gasteiger partial charge in [0.2, 0.25) is 5.91 Å². The SMILES string of the molecule is COC(=O)[C@H](Cc1ccccc1)NC(=O)[C@H](CSC)NC(=O)C(F)(F)F. The molecule has 2 N–H and O–H groups in total. The fraction of sp³-hybridized carbons (Fsp3) is 0.438. The highest BCUT2D eigenvalue weighted by molar-refractivity contribution is 7.98. The number of halogens is 3. The van der Waals surface area contributed by atoms with Crippen molar-refractivity contribution in [3.05, 3.63) is 35.9 Å². The van der Waals surface area contributed by atoms with E-state index in [-0.39, 0.29) is 12.2 Å². The van der Waals surface area contributed by atoms with E-state index in [1.165, 1.54) is 0 Å². The number of carbonyl (C=O) groups excluding carboxylic acids is 3. The first kappa shape index (κ1) is 21.8. The van der Waals surface area contributed by atoms with Crippen molar-refractivity contribution in [2.75, 3.05) is 19.1 Å². The van der Waals surface area contributed by atoms with Crippen LogP contribution >= 0.6 is 11.8 Å². The number of rotatable bonds is 8. The van der Waals surface area contributed by atoms with Crippen molar-refractivity contribution < 1.29 is 32.3 Å². The van der Waals surface area contributed by atoms with Gasteiger partial charge in [-0.2, -0.15) is 24.9 Å². The monoisotopic (exact) mass is 392 g/mol. The molecule has 144 valence electrons. The number of benzene rings is 1. The van der Waals surface area contributed by atoms with Gasteiger partial charge in [-0.3, -0.25) is 9.59 Å². The maximum absolute atomic E-state index is 12.4. The third-order valence-corrected chi connectivity index (χ3v) is 3.96. The predicted octanol–water partition coefficient (Wildman–Crippen LogP) is 1.30. The van der Waals surface area contributed by atoms with Gasteiger partial charge in [-0.1, -0.05) is 30.3 Å². The average molecular weight is 392 g/mol. The first-order valence-corrected chi connectivity index (χ1v) is 8.87. The average Bonchev–Trinajstić information content (AvgIpc) is 2.60. The minimum Gasteiger partial charge on any atom is -0.467 e. The summed E-state index contributed by atoms with van der Waals surface area (Å²) in [4.78, 5) is 35.3. The molecular weight excluding hydrogens is 373 g/mol. The Morgan fingerprint density at radius 3 is 2.23 bits per heavy atom. The number of hydrogen-bond donors (Lipinski definition) is 2. The molecule has 0 bridgehead atoms. The second-order valence-electron chi connectivity index (χ2n) is 5.25. The summed E-state index contributed by atoms with van der Waals surface area (Å²) in [5.41, 5.74) is 0.726. The maximum atomic E-state index is 12.4. The number of alkyl halides is 3. The topological polar surface area (TPSA) is 84.5 Å². The molecule has 2 amide bonds. The molecule has 0 aliphatic heterocycles. The molecule has 0 aliphatic carbocycles. The molecule has 0 heterocycles. The van der Waals surface area contributed by atoms with E-state index < -0.39 is 36.0 Å². The minimum absolute atomic E-state index is 0.0904. The fourth-order valence-electron chi connectivity index (χ4n) is 2.05. The number of nitrogens with one attached hydrogen (secondary N) is 2. The smallest absolute Gasteiger partial charge is 0.467 e. The molecule has 1 aromatic rings. The van der Waals surface area contributed by atoms with Crippen LogP contribution in [0.4, 0.5) is 13.2 Å². The molecule has 0 saturated carbocycles. The molecule has 2 atom stereocenters. The second-order valence-corrected chi connectivity index (χ2v) is 6.16. The van der Waals surface area contributed by atoms with Gasteiger partial charge in [0.15, 0.2) is 0 Å². The molecule has 0 spiro atoms. The van der Waals surface area contributed by atoms with Crippen LogP contribution in [0.5, 0.6) is 0 Å². The molecule has 0 radical (unpaired) electrons. The van der Waals surface area contributed by atoms with Gasteiger partial charge in [0, 0.05) is 12.2 Å². The van der Waals surface area contributed by atoms with Crippen molar-refractivity contribution in [1.29, 1.82) is 0 Å². The molecule has 10 heteroatoms. The number of carbonyl (C=O) groups is 3. The van der Waals surface area contributed by atoms with E-state index in [0.29, 0.717) is 0 Å². The Labute approximate surface area is 152 Å². The Morgan fingerprint density at radius 2 is 1.73 bits per heavy atom. The molecule has 6 nitrogen and oxygen atoms in total. The lowest BCUT2D eigenvalue weighted by atomic mass is 10.1. The van der Waals surface area contributed by atoms with Crippen LogP contribution in [0.25, 0.3) is 0 Å². The normalized spacial score (nSPS) is 13.4. The zero-order valence-electron chi connectivity index (χ0n) is 14.1. The van der Waals surface area contributed by atoms with Crippen molar-refractivity contribution in [2.45, 2.75) is 24.7 Å². The molecule has 0 aliphatic rings. The van der Waals surface area contributed by atoms with Crippen LogP contribution in [0, 0.1) is 0 Å². The minimum atomic E-state index is -5.11. The Morgan fingerprint density at radius 1 is 1.12 bits per heavy atom. The summed E-state index contributed by atoms with van der Waals surface area (Å²) < 4.78 is 41.9. The lowest BCUT2D eigenvalue weighted by Crippen LogP contribution is -2.55. The van der Waals surface area contributed by atoms with Crippen LogP contribution in [0.15, 0.2) is 30.3 Å². The Bertz CT molecular complexity index is 626. The van der Waals surface area contributed by atoms with Crippen molar-refractivity contribution in [3.63, 3.8) is 0 Å². The van der Waals surface area contributed by atoms with E-state index in [1.807, 2.05) is 0 Å². The highest BCUT2D eigenvalue weighted by Crippen LogP contribution is 2.15. The quantitative estimate of drug-likeness (QED) is 0.652. The third kappa shape index (κ3) is 6.95. The van der Waals surface area contributed by atoms with Crippen LogP contribution in [-0.2, 0) is 25.5 Å². The molecule has 0 saturated heterocycles. The first-order valence-electron chi connectivity index (χ1n) is 7.47. The van der Waals surface area contributed by atoms with E-state index in [1.54, 1.807) is 41.9 Å². The van der Waals surface area contributed by atoms with Gasteiger partial charge >= 0.3 is 18.1 Å². The summed E-state index contributed by atoms with van der Waals surface area (Å²) in [6.45, 7) is 0. The molecule has 0 unspecified atom stereocenters. The van der Waals surface area contributed by atoms with Crippen LogP contribution < -0.4 is 10.6 Å². The number of esters is 1. The highest BCUT2D eigenvalue weighted by atomic mass is 32.2. The number of thioether (sulfide) groups is 1. The van der Waals surface area contributed by atoms with Gasteiger partial charge < -0.3 is 15.4 Å². The molecule has 1 rings (SSSR count). The zero-order chi connectivity index (χ0) is 19.7. The lowest BCUT2D eigenvalue weighted by Gasteiger charge is -2.22. The molecule has 26 heavy (non-hydrogen) atoms.